The zero-order chi connectivity index (χ0) is 8.99. The fourth-order valence-electron chi connectivity index (χ4n) is 0. The van der Waals surface area contributed by atoms with E-state index in [9.17, 15) is 0 Å². The van der Waals surface area contributed by atoms with Crippen LogP contribution in [0.25, 0.3) is 0 Å². The lowest BCUT2D eigenvalue weighted by molar-refractivity contribution is 0.405. The SMILES string of the molecule is NCN.NCN.O=[P+](O)O. The van der Waals surface area contributed by atoms with E-state index in [1.54, 1.807) is 0 Å². The monoisotopic (exact) mass is 173 g/mol. The Balaban J connectivity index is -0.0000000750. The van der Waals surface area contributed by atoms with Crippen molar-refractivity contribution in [3.8, 4) is 0 Å². The van der Waals surface area contributed by atoms with E-state index < -0.39 is 8.25 Å². The van der Waals surface area contributed by atoms with Crippen molar-refractivity contribution < 1.29 is 14.4 Å². The van der Waals surface area contributed by atoms with Crippen molar-refractivity contribution in [3.05, 3.63) is 0 Å². The standard InChI is InChI=1S/2CH6N2.HO3P/c2*2-1-3;1-4(2)3/h2*1-3H2;(H-,1,2,3)/p+1. The number of nitrogens with two attached hydrogens (primary N) is 4. The van der Waals surface area contributed by atoms with E-state index in [-0.39, 0.29) is 13.3 Å². The molecule has 0 heterocycles. The topological polar surface area (TPSA) is 162 Å². The molecule has 0 aliphatic carbocycles. The molecule has 64 valence electrons. The lowest BCUT2D eigenvalue weighted by Crippen LogP contribution is -2.08. The summed E-state index contributed by atoms with van der Waals surface area (Å²) >= 11 is 0. The van der Waals surface area contributed by atoms with Gasteiger partial charge < -0.3 is 22.9 Å². The summed E-state index contributed by atoms with van der Waals surface area (Å²) in [5.41, 5.74) is 18.5. The molecule has 0 spiro atoms. The molecule has 0 aliphatic rings. The highest BCUT2D eigenvalue weighted by molar-refractivity contribution is 7.30. The van der Waals surface area contributed by atoms with Gasteiger partial charge in [0.25, 0.3) is 0 Å². The molecule has 0 rings (SSSR count). The second-order valence-corrected chi connectivity index (χ2v) is 1.23. The van der Waals surface area contributed by atoms with E-state index in [0.717, 1.165) is 0 Å². The van der Waals surface area contributed by atoms with Crippen LogP contribution in [0, 0.1) is 0 Å². The van der Waals surface area contributed by atoms with Gasteiger partial charge in [0.05, 0.1) is 0 Å². The van der Waals surface area contributed by atoms with Gasteiger partial charge in [-0.2, -0.15) is 0 Å². The Morgan fingerprint density at radius 1 is 1.00 bits per heavy atom. The Kier molecular flexibility index (Phi) is 38.1. The van der Waals surface area contributed by atoms with Crippen LogP contribution in [0.1, 0.15) is 0 Å². The normalized spacial score (nSPS) is 6.20. The first-order valence-corrected chi connectivity index (χ1v) is 3.38. The van der Waals surface area contributed by atoms with Gasteiger partial charge in [0.1, 0.15) is 0 Å². The molecule has 0 unspecified atom stereocenters. The zero-order valence-electron chi connectivity index (χ0n) is 5.47. The van der Waals surface area contributed by atoms with E-state index in [1.807, 2.05) is 0 Å². The minimum Gasteiger partial charge on any atom is -0.319 e. The van der Waals surface area contributed by atoms with Crippen LogP contribution >= 0.6 is 8.25 Å². The van der Waals surface area contributed by atoms with Crippen molar-refractivity contribution in [2.24, 2.45) is 22.9 Å². The zero-order valence-corrected chi connectivity index (χ0v) is 6.37. The first-order valence-electron chi connectivity index (χ1n) is 2.22. The molecule has 0 aromatic carbocycles. The van der Waals surface area contributed by atoms with Gasteiger partial charge in [-0.05, 0) is 0 Å². The summed E-state index contributed by atoms with van der Waals surface area (Å²) in [4.78, 5) is 14.2. The van der Waals surface area contributed by atoms with E-state index in [4.69, 9.17) is 14.4 Å². The quantitative estimate of drug-likeness (QED) is 0.172. The fraction of sp³-hybridized carbons (Fsp3) is 1.00. The fourth-order valence-corrected chi connectivity index (χ4v) is 0. The molecule has 0 radical (unpaired) electrons. The van der Waals surface area contributed by atoms with Crippen LogP contribution in [0.5, 0.6) is 0 Å². The molecule has 0 saturated heterocycles. The van der Waals surface area contributed by atoms with Gasteiger partial charge in [-0.1, -0.05) is 0 Å². The van der Waals surface area contributed by atoms with Crippen LogP contribution in [0.4, 0.5) is 0 Å². The molecule has 0 atom stereocenters. The summed E-state index contributed by atoms with van der Waals surface area (Å²) in [6.45, 7) is 0.500. The molecule has 0 aromatic heterocycles. The first kappa shape index (κ1) is 16.4. The van der Waals surface area contributed by atoms with Gasteiger partial charge in [-0.15, -0.1) is 9.79 Å². The smallest absolute Gasteiger partial charge is 0.319 e. The largest absolute Gasteiger partial charge is 0.692 e. The van der Waals surface area contributed by atoms with E-state index in [0.29, 0.717) is 0 Å². The third kappa shape index (κ3) is 18900. The Hall–Kier alpha value is -0.140. The maximum Gasteiger partial charge on any atom is 0.692 e. The van der Waals surface area contributed by atoms with Gasteiger partial charge in [-0.25, -0.2) is 0 Å². The minimum absolute atomic E-state index is 0.250. The molecular weight excluding hydrogens is 159 g/mol. The van der Waals surface area contributed by atoms with Crippen molar-refractivity contribution >= 4 is 8.25 Å². The third-order valence-electron chi connectivity index (χ3n) is 0. The average Bonchev–Trinajstić information content (AvgIpc) is 1.65. The summed E-state index contributed by atoms with van der Waals surface area (Å²) in [5.74, 6) is 0. The minimum atomic E-state index is -2.87. The number of hydrogen-bond donors (Lipinski definition) is 6. The lowest BCUT2D eigenvalue weighted by Gasteiger charge is -1.56. The van der Waals surface area contributed by atoms with Crippen LogP contribution in [-0.4, -0.2) is 23.1 Å². The van der Waals surface area contributed by atoms with Crippen molar-refractivity contribution in [1.82, 2.24) is 0 Å². The summed E-state index contributed by atoms with van der Waals surface area (Å²) in [6.07, 6.45) is 0. The number of rotatable bonds is 0. The molecule has 0 amide bonds. The molecule has 0 saturated carbocycles. The summed E-state index contributed by atoms with van der Waals surface area (Å²) in [7, 11) is -2.87. The Bertz CT molecular complexity index is 56.5. The van der Waals surface area contributed by atoms with Gasteiger partial charge in [0, 0.05) is 17.9 Å². The predicted octanol–water partition coefficient (Wildman–Crippen LogP) is -2.65. The highest BCUT2D eigenvalue weighted by Gasteiger charge is 1.93. The third-order valence-corrected chi connectivity index (χ3v) is 0. The average molecular weight is 173 g/mol. The van der Waals surface area contributed by atoms with Crippen molar-refractivity contribution in [2.45, 2.75) is 0 Å². The summed E-state index contributed by atoms with van der Waals surface area (Å²) in [6, 6.07) is 0. The van der Waals surface area contributed by atoms with E-state index >= 15 is 0 Å². The van der Waals surface area contributed by atoms with Crippen molar-refractivity contribution in [3.63, 3.8) is 0 Å². The molecule has 10 N–H and O–H groups in total. The molecule has 8 heteroatoms. The van der Waals surface area contributed by atoms with Gasteiger partial charge in [0.2, 0.25) is 0 Å². The second-order valence-electron chi connectivity index (χ2n) is 0.724. The van der Waals surface area contributed by atoms with Crippen molar-refractivity contribution in [1.29, 1.82) is 0 Å². The van der Waals surface area contributed by atoms with Gasteiger partial charge >= 0.3 is 8.25 Å². The summed E-state index contributed by atoms with van der Waals surface area (Å²) < 4.78 is 8.70. The van der Waals surface area contributed by atoms with Crippen LogP contribution in [0.2, 0.25) is 0 Å². The highest BCUT2D eigenvalue weighted by atomic mass is 31.1. The maximum absolute atomic E-state index is 8.70. The van der Waals surface area contributed by atoms with Crippen LogP contribution in [-0.2, 0) is 4.57 Å². The Morgan fingerprint density at radius 2 is 1.00 bits per heavy atom. The van der Waals surface area contributed by atoms with Gasteiger partial charge in [-0.3, -0.25) is 0 Å². The molecule has 7 nitrogen and oxygen atoms in total. The second kappa shape index (κ2) is 23.2. The maximum atomic E-state index is 8.70. The molecule has 10 heavy (non-hydrogen) atoms. The van der Waals surface area contributed by atoms with E-state index in [2.05, 4.69) is 22.9 Å². The molecule has 0 fully saturated rings. The van der Waals surface area contributed by atoms with Crippen LogP contribution < -0.4 is 22.9 Å². The summed E-state index contributed by atoms with van der Waals surface area (Å²) in [5, 5.41) is 0. The van der Waals surface area contributed by atoms with Crippen molar-refractivity contribution in [2.75, 3.05) is 13.3 Å². The molecule has 0 bridgehead atoms. The van der Waals surface area contributed by atoms with Gasteiger partial charge in [0.15, 0.2) is 0 Å². The Morgan fingerprint density at radius 3 is 1.00 bits per heavy atom. The van der Waals surface area contributed by atoms with Crippen LogP contribution in [0.3, 0.4) is 0 Å². The predicted molar refractivity (Wildman–Crippen MR) is 38.5 cm³/mol. The van der Waals surface area contributed by atoms with Crippen LogP contribution in [0.15, 0.2) is 0 Å². The number of hydrogen-bond acceptors (Lipinski definition) is 5. The highest BCUT2D eigenvalue weighted by Crippen LogP contribution is 1.98. The van der Waals surface area contributed by atoms with E-state index in [1.165, 1.54) is 0 Å². The Labute approximate surface area is 59.9 Å². The molecule has 0 aromatic rings. The molecule has 0 aliphatic heterocycles. The molecular formula is C2H14N4O3P+. The first-order chi connectivity index (χ1) is 4.56. The lowest BCUT2D eigenvalue weighted by atomic mass is 11.3.